The van der Waals surface area contributed by atoms with E-state index in [0.717, 1.165) is 73.7 Å². The summed E-state index contributed by atoms with van der Waals surface area (Å²) < 4.78 is 0. The van der Waals surface area contributed by atoms with Crippen LogP contribution in [0.25, 0.3) is 16.7 Å². The molecule has 10 heteroatoms. The molecule has 5 N–H and O–H groups in total. The Balaban J connectivity index is 0.000000137. The van der Waals surface area contributed by atoms with Gasteiger partial charge in [-0.15, -0.1) is 12.4 Å². The summed E-state index contributed by atoms with van der Waals surface area (Å²) in [4.78, 5) is 9.04. The first kappa shape index (κ1) is 59.5. The molecule has 0 radical (unpaired) electrons. The van der Waals surface area contributed by atoms with Crippen LogP contribution in [-0.4, -0.2) is 128 Å². The number of halogens is 1. The maximum absolute atomic E-state index is 11.4. The average Bonchev–Trinajstić information content (AvgIpc) is 4.23. The predicted octanol–water partition coefficient (Wildman–Crippen LogP) is 13.3. The van der Waals surface area contributed by atoms with Crippen molar-refractivity contribution in [2.75, 3.05) is 82.6 Å². The Bertz CT molecular complexity index is 2620. The number of nitrogens with zero attached hydrogens (tertiary/aromatic N) is 4. The van der Waals surface area contributed by atoms with Gasteiger partial charge in [-0.25, -0.2) is 0 Å². The number of likely N-dealkylation sites (N-methyl/N-ethyl adjacent to an activating group) is 1. The topological polar surface area (TPSA) is 114 Å². The predicted molar refractivity (Wildman–Crippen MR) is 324 cm³/mol. The second-order valence-corrected chi connectivity index (χ2v) is 26.1. The zero-order valence-corrected chi connectivity index (χ0v) is 49.2. The lowest BCUT2D eigenvalue weighted by molar-refractivity contribution is -0.0892. The Morgan fingerprint density at radius 3 is 1.45 bits per heavy atom. The molecule has 8 aliphatic rings. The Labute approximate surface area is 475 Å². The molecule has 8 aliphatic carbocycles. The van der Waals surface area contributed by atoms with Gasteiger partial charge in [-0.1, -0.05) is 67.1 Å². The molecule has 0 saturated heterocycles. The highest BCUT2D eigenvalue weighted by Gasteiger charge is 2.51. The van der Waals surface area contributed by atoms with Crippen LogP contribution >= 0.6 is 12.4 Å². The summed E-state index contributed by atoms with van der Waals surface area (Å²) in [5, 5.41) is 50.3. The molecular formula is C68H95ClN4O5. The van der Waals surface area contributed by atoms with E-state index in [2.05, 4.69) is 106 Å². The van der Waals surface area contributed by atoms with Crippen molar-refractivity contribution in [1.82, 2.24) is 19.6 Å². The SMILES string of the molecule is CN(C)CC1=C(c2cccc(O)c2)C[C@@H]2CC[C@H]1C2.CN(C)C[C@@H]1C(c2cccc(O)c2)=C[C@@H]2CC[C@H]1C2.CN(C)C[C@@H]1C(c2cccc(O)c2)=C[C@@H]2CC[C@H]1C2.CN(C)C[C@H]1[C@H]2CC[C@@H](C2)C[C@]1(O)c1cccc(O)c1.Cl. The Kier molecular flexibility index (Phi) is 20.1. The largest absolute Gasteiger partial charge is 0.508 e. The van der Waals surface area contributed by atoms with Crippen molar-refractivity contribution >= 4 is 29.1 Å². The van der Waals surface area contributed by atoms with Crippen LogP contribution in [0.4, 0.5) is 0 Å². The van der Waals surface area contributed by atoms with Gasteiger partial charge < -0.3 is 45.1 Å². The molecule has 4 aromatic carbocycles. The fourth-order valence-electron chi connectivity index (χ4n) is 15.9. The molecule has 0 amide bonds. The fourth-order valence-corrected chi connectivity index (χ4v) is 15.9. The second-order valence-electron chi connectivity index (χ2n) is 26.1. The first-order chi connectivity index (χ1) is 36.9. The minimum Gasteiger partial charge on any atom is -0.508 e. The molecule has 0 heterocycles. The van der Waals surface area contributed by atoms with Crippen molar-refractivity contribution in [3.05, 3.63) is 137 Å². The smallest absolute Gasteiger partial charge is 0.116 e. The molecule has 0 aliphatic heterocycles. The molecule has 0 aromatic heterocycles. The standard InChI is InChI=1S/C17H25NO2.3C17H23NO.ClH/c1-18(2)11-16-13-7-6-12(8-13)10-17(16,20)14-4-3-5-15(19)9-14;3*1-18(2)11-17-14-7-6-12(8-14)9-16(17)13-4-3-5-15(19)10-13;/h3-5,9,12-13,16,19-20H,6-8,10-11H2,1-2H3;3-5,10,12,14,19H,6-9,11H2,1-2H3;2*3-5,9-10,12,14,17,19H,6-8,11H2,1-2H3;1H/t12-,13-,16-,17-;12-,14+;2*12-,14+,17+;/m0111./s1. The van der Waals surface area contributed by atoms with E-state index in [1.165, 1.54) is 117 Å². The lowest BCUT2D eigenvalue weighted by Crippen LogP contribution is -2.47. The number of hydrogen-bond donors (Lipinski definition) is 5. The molecule has 0 spiro atoms. The van der Waals surface area contributed by atoms with Gasteiger partial charge in [-0.05, 0) is 292 Å². The van der Waals surface area contributed by atoms with Crippen molar-refractivity contribution in [3.63, 3.8) is 0 Å². The molecule has 9 nitrogen and oxygen atoms in total. The lowest BCUT2D eigenvalue weighted by atomic mass is 9.66. The third-order valence-corrected chi connectivity index (χ3v) is 19.1. The van der Waals surface area contributed by atoms with Crippen molar-refractivity contribution in [2.45, 2.75) is 95.5 Å². The highest BCUT2D eigenvalue weighted by atomic mass is 35.5. The van der Waals surface area contributed by atoms with E-state index >= 15 is 0 Å². The number of fused-ring (bicyclic) bond motifs is 8. The summed E-state index contributed by atoms with van der Waals surface area (Å²) in [5.41, 5.74) is 9.80. The zero-order chi connectivity index (χ0) is 54.5. The van der Waals surface area contributed by atoms with Crippen LogP contribution < -0.4 is 0 Å². The van der Waals surface area contributed by atoms with Crippen LogP contribution in [0.3, 0.4) is 0 Å². The van der Waals surface area contributed by atoms with Crippen LogP contribution in [0.1, 0.15) is 112 Å². The van der Waals surface area contributed by atoms with Gasteiger partial charge in [0, 0.05) is 32.1 Å². The minimum absolute atomic E-state index is 0. The van der Waals surface area contributed by atoms with Crippen molar-refractivity contribution in [1.29, 1.82) is 0 Å². The third kappa shape index (κ3) is 14.5. The van der Waals surface area contributed by atoms with Crippen LogP contribution in [-0.2, 0) is 5.60 Å². The van der Waals surface area contributed by atoms with E-state index < -0.39 is 5.60 Å². The number of benzene rings is 4. The third-order valence-electron chi connectivity index (χ3n) is 19.1. The van der Waals surface area contributed by atoms with Crippen LogP contribution in [0.2, 0.25) is 0 Å². The number of phenolic OH excluding ortho intramolecular Hbond substituents is 4. The molecule has 424 valence electrons. The van der Waals surface area contributed by atoms with Gasteiger partial charge in [0.05, 0.1) is 5.60 Å². The van der Waals surface area contributed by atoms with Crippen LogP contribution in [0, 0.1) is 65.1 Å². The minimum atomic E-state index is -0.785. The van der Waals surface area contributed by atoms with Gasteiger partial charge in [-0.3, -0.25) is 0 Å². The number of aliphatic hydroxyl groups is 1. The highest BCUT2D eigenvalue weighted by molar-refractivity contribution is 5.85. The van der Waals surface area contributed by atoms with Gasteiger partial charge in [-0.2, -0.15) is 0 Å². The van der Waals surface area contributed by atoms with E-state index in [1.807, 2.05) is 48.5 Å². The Morgan fingerprint density at radius 2 is 0.949 bits per heavy atom. The van der Waals surface area contributed by atoms with Crippen molar-refractivity contribution in [2.24, 2.45) is 65.1 Å². The molecule has 0 unspecified atom stereocenters. The first-order valence-corrected chi connectivity index (χ1v) is 29.5. The summed E-state index contributed by atoms with van der Waals surface area (Å²) in [7, 11) is 17.1. The fraction of sp³-hybridized carbons (Fsp3) is 0.559. The number of aromatic hydroxyl groups is 4. The van der Waals surface area contributed by atoms with Gasteiger partial charge in [0.15, 0.2) is 0 Å². The van der Waals surface area contributed by atoms with Crippen molar-refractivity contribution < 1.29 is 25.5 Å². The summed E-state index contributed by atoms with van der Waals surface area (Å²) in [6.45, 7) is 4.18. The van der Waals surface area contributed by atoms with Gasteiger partial charge >= 0.3 is 0 Å². The molecule has 12 atom stereocenters. The van der Waals surface area contributed by atoms with Crippen molar-refractivity contribution in [3.8, 4) is 23.0 Å². The second kappa shape index (κ2) is 26.3. The number of hydrogen-bond acceptors (Lipinski definition) is 9. The Hall–Kier alpha value is -4.61. The molecule has 78 heavy (non-hydrogen) atoms. The molecule has 8 bridgehead atoms. The van der Waals surface area contributed by atoms with Gasteiger partial charge in [0.25, 0.3) is 0 Å². The maximum Gasteiger partial charge on any atom is 0.116 e. The summed E-state index contributed by atoms with van der Waals surface area (Å²) in [6, 6.07) is 30.5. The number of allylic oxidation sites excluding steroid dienone is 3. The van der Waals surface area contributed by atoms with Gasteiger partial charge in [0.2, 0.25) is 0 Å². The monoisotopic (exact) mass is 1080 g/mol. The Morgan fingerprint density at radius 1 is 0.474 bits per heavy atom. The maximum atomic E-state index is 11.4. The first-order valence-electron chi connectivity index (χ1n) is 29.5. The van der Waals surface area contributed by atoms with Crippen LogP contribution in [0.15, 0.2) is 115 Å². The molecular weight excluding hydrogens is 988 g/mol. The van der Waals surface area contributed by atoms with E-state index in [9.17, 15) is 25.5 Å². The quantitative estimate of drug-likeness (QED) is 0.0946. The molecule has 12 rings (SSSR count). The normalized spacial score (nSPS) is 30.2. The average molecular weight is 1080 g/mol. The van der Waals surface area contributed by atoms with E-state index in [1.54, 1.807) is 35.9 Å². The summed E-state index contributed by atoms with van der Waals surface area (Å²) in [6.07, 6.45) is 23.0. The van der Waals surface area contributed by atoms with Crippen LogP contribution in [0.5, 0.6) is 23.0 Å². The van der Waals surface area contributed by atoms with E-state index in [4.69, 9.17) is 0 Å². The number of phenols is 4. The molecule has 4 aromatic rings. The molecule has 5 saturated carbocycles. The lowest BCUT2D eigenvalue weighted by Gasteiger charge is -2.45. The highest BCUT2D eigenvalue weighted by Crippen LogP contribution is 2.55. The van der Waals surface area contributed by atoms with Gasteiger partial charge in [0.1, 0.15) is 23.0 Å². The summed E-state index contributed by atoms with van der Waals surface area (Å²) >= 11 is 0. The molecule has 5 fully saturated rings. The summed E-state index contributed by atoms with van der Waals surface area (Å²) in [5.74, 6) is 8.97. The van der Waals surface area contributed by atoms with E-state index in [0.29, 0.717) is 40.9 Å². The number of rotatable bonds is 12. The van der Waals surface area contributed by atoms with E-state index in [-0.39, 0.29) is 24.1 Å². The zero-order valence-electron chi connectivity index (χ0n) is 48.4.